The molecule has 0 saturated heterocycles. The highest BCUT2D eigenvalue weighted by Crippen LogP contribution is 2.20. The van der Waals surface area contributed by atoms with E-state index in [1.807, 2.05) is 30.3 Å². The van der Waals surface area contributed by atoms with Crippen molar-refractivity contribution in [3.63, 3.8) is 0 Å². The molecule has 0 aliphatic carbocycles. The summed E-state index contributed by atoms with van der Waals surface area (Å²) in [6, 6.07) is 19.0. The normalized spacial score (nSPS) is 11.5. The molecule has 0 fully saturated rings. The molecule has 0 atom stereocenters. The molecule has 0 bridgehead atoms. The van der Waals surface area contributed by atoms with Crippen LogP contribution in [0.15, 0.2) is 77.7 Å². The molecule has 3 aromatic carbocycles. The highest BCUT2D eigenvalue weighted by atomic mass is 32.2. The number of benzene rings is 3. The number of ether oxygens (including phenoxy) is 1. The monoisotopic (exact) mass is 499 g/mol. The van der Waals surface area contributed by atoms with Gasteiger partial charge in [-0.25, -0.2) is 32.0 Å². The number of para-hydroxylation sites is 1. The van der Waals surface area contributed by atoms with Crippen LogP contribution in [0.2, 0.25) is 0 Å². The maximum absolute atomic E-state index is 14.9. The minimum atomic E-state index is -4.05. The third-order valence-electron chi connectivity index (χ3n) is 5.06. The van der Waals surface area contributed by atoms with E-state index in [1.54, 1.807) is 18.2 Å². The van der Waals surface area contributed by atoms with E-state index in [9.17, 15) is 17.2 Å². The maximum Gasteiger partial charge on any atom is 0.238 e. The predicted molar refractivity (Wildman–Crippen MR) is 126 cm³/mol. The van der Waals surface area contributed by atoms with Crippen LogP contribution in [0.25, 0.3) is 5.69 Å². The minimum Gasteiger partial charge on any atom is -0.489 e. The molecule has 182 valence electrons. The van der Waals surface area contributed by atoms with E-state index < -0.39 is 21.7 Å². The first kappa shape index (κ1) is 24.5. The minimum absolute atomic E-state index is 0.0463. The molecule has 0 unspecified atom stereocenters. The molecular formula is C24H23F2N5O3S. The Labute approximate surface area is 201 Å². The number of hydrogen-bond donors (Lipinski definition) is 2. The van der Waals surface area contributed by atoms with Gasteiger partial charge >= 0.3 is 0 Å². The Hall–Kier alpha value is -3.67. The van der Waals surface area contributed by atoms with Gasteiger partial charge in [-0.15, -0.1) is 5.10 Å². The van der Waals surface area contributed by atoms with Gasteiger partial charge in [-0.3, -0.25) is 0 Å². The highest BCUT2D eigenvalue weighted by molar-refractivity contribution is 7.89. The van der Waals surface area contributed by atoms with Gasteiger partial charge in [0.15, 0.2) is 17.4 Å². The van der Waals surface area contributed by atoms with Crippen LogP contribution < -0.4 is 15.2 Å². The zero-order valence-electron chi connectivity index (χ0n) is 18.6. The first-order valence-electron chi connectivity index (χ1n) is 10.7. The summed E-state index contributed by atoms with van der Waals surface area (Å²) < 4.78 is 58.4. The number of aromatic nitrogens is 3. The number of rotatable bonds is 10. The number of hydrogen-bond acceptors (Lipinski definition) is 6. The molecule has 0 aliphatic heterocycles. The lowest BCUT2D eigenvalue weighted by Gasteiger charge is -2.08. The molecule has 3 N–H and O–H groups in total. The quantitative estimate of drug-likeness (QED) is 0.325. The fourth-order valence-electron chi connectivity index (χ4n) is 3.38. The summed E-state index contributed by atoms with van der Waals surface area (Å²) in [6.07, 6.45) is 0.376. The van der Waals surface area contributed by atoms with Crippen molar-refractivity contribution in [1.82, 2.24) is 20.1 Å². The summed E-state index contributed by atoms with van der Waals surface area (Å²) in [5.74, 6) is -0.197. The van der Waals surface area contributed by atoms with Gasteiger partial charge in [0, 0.05) is 13.0 Å². The van der Waals surface area contributed by atoms with E-state index in [0.717, 1.165) is 11.6 Å². The van der Waals surface area contributed by atoms with Crippen molar-refractivity contribution >= 4 is 10.0 Å². The molecule has 8 nitrogen and oxygen atoms in total. The van der Waals surface area contributed by atoms with Crippen molar-refractivity contribution in [2.45, 2.75) is 17.9 Å². The van der Waals surface area contributed by atoms with Crippen molar-refractivity contribution in [1.29, 1.82) is 0 Å². The molecule has 0 spiro atoms. The maximum atomic E-state index is 14.9. The van der Waals surface area contributed by atoms with Crippen molar-refractivity contribution in [3.05, 3.63) is 102 Å². The molecule has 0 aliphatic rings. The Morgan fingerprint density at radius 1 is 0.971 bits per heavy atom. The molecule has 0 saturated carbocycles. The van der Waals surface area contributed by atoms with Crippen LogP contribution in [0.3, 0.4) is 0 Å². The number of sulfonamides is 1. The average molecular weight is 500 g/mol. The Morgan fingerprint density at radius 2 is 1.71 bits per heavy atom. The first-order chi connectivity index (χ1) is 16.8. The largest absolute Gasteiger partial charge is 0.489 e. The lowest BCUT2D eigenvalue weighted by atomic mass is 10.1. The van der Waals surface area contributed by atoms with Gasteiger partial charge in [0.05, 0.1) is 11.4 Å². The third kappa shape index (κ3) is 6.27. The molecule has 4 rings (SSSR count). The van der Waals surface area contributed by atoms with Crippen LogP contribution >= 0.6 is 0 Å². The van der Waals surface area contributed by atoms with Gasteiger partial charge in [0.2, 0.25) is 10.0 Å². The van der Waals surface area contributed by atoms with E-state index in [0.29, 0.717) is 24.6 Å². The molecule has 11 heteroatoms. The Balaban J connectivity index is 1.51. The topological polar surface area (TPSA) is 112 Å². The summed E-state index contributed by atoms with van der Waals surface area (Å²) >= 11 is 0. The summed E-state index contributed by atoms with van der Waals surface area (Å²) in [7, 11) is -4.05. The van der Waals surface area contributed by atoms with E-state index in [2.05, 4.69) is 15.4 Å². The van der Waals surface area contributed by atoms with Gasteiger partial charge in [-0.2, -0.15) is 0 Å². The van der Waals surface area contributed by atoms with Crippen LogP contribution in [0, 0.1) is 11.6 Å². The van der Waals surface area contributed by atoms with E-state index >= 15 is 0 Å². The molecule has 35 heavy (non-hydrogen) atoms. The van der Waals surface area contributed by atoms with Crippen molar-refractivity contribution in [2.24, 2.45) is 5.14 Å². The zero-order valence-corrected chi connectivity index (χ0v) is 19.4. The van der Waals surface area contributed by atoms with E-state index in [4.69, 9.17) is 9.88 Å². The van der Waals surface area contributed by atoms with Crippen molar-refractivity contribution < 1.29 is 21.9 Å². The summed E-state index contributed by atoms with van der Waals surface area (Å²) in [6.45, 7) is 0.878. The van der Waals surface area contributed by atoms with Gasteiger partial charge in [-0.1, -0.05) is 42.5 Å². The van der Waals surface area contributed by atoms with Crippen LogP contribution in [-0.4, -0.2) is 36.3 Å². The molecule has 1 heterocycles. The number of nitrogens with zero attached hydrogens (tertiary/aromatic N) is 3. The van der Waals surface area contributed by atoms with Gasteiger partial charge in [-0.05, 0) is 35.9 Å². The summed E-state index contributed by atoms with van der Waals surface area (Å²) in [4.78, 5) is 4.21. The number of nitrogens with one attached hydrogen (secondary N) is 1. The van der Waals surface area contributed by atoms with Crippen LogP contribution in [0.5, 0.6) is 5.75 Å². The van der Waals surface area contributed by atoms with Gasteiger partial charge in [0.25, 0.3) is 0 Å². The molecule has 1 aromatic heterocycles. The number of nitrogens with two attached hydrogens (primary N) is 1. The lowest BCUT2D eigenvalue weighted by molar-refractivity contribution is 0.298. The Kier molecular flexibility index (Phi) is 7.49. The van der Waals surface area contributed by atoms with Crippen LogP contribution in [-0.2, 0) is 23.0 Å². The second-order valence-electron chi connectivity index (χ2n) is 7.63. The Morgan fingerprint density at radius 3 is 2.43 bits per heavy atom. The molecule has 4 aromatic rings. The van der Waals surface area contributed by atoms with Crippen molar-refractivity contribution in [3.8, 4) is 11.4 Å². The molecule has 0 amide bonds. The highest BCUT2D eigenvalue weighted by Gasteiger charge is 2.18. The van der Waals surface area contributed by atoms with Crippen LogP contribution in [0.4, 0.5) is 8.78 Å². The van der Waals surface area contributed by atoms with Crippen molar-refractivity contribution in [2.75, 3.05) is 13.2 Å². The van der Waals surface area contributed by atoms with Crippen LogP contribution in [0.1, 0.15) is 17.2 Å². The second kappa shape index (κ2) is 10.7. The fourth-order valence-corrected chi connectivity index (χ4v) is 3.91. The summed E-state index contributed by atoms with van der Waals surface area (Å²) in [5.41, 5.74) is 0.991. The SMILES string of the molecule is NS(=O)(=O)c1ccc(-n2nc(CNCCOc3ccccc3F)nc2Cc2ccccc2)c(F)c1. The summed E-state index contributed by atoms with van der Waals surface area (Å²) in [5, 5.41) is 12.6. The Bertz CT molecular complexity index is 1410. The predicted octanol–water partition coefficient (Wildman–Crippen LogP) is 2.95. The number of halogens is 2. The lowest BCUT2D eigenvalue weighted by Crippen LogP contribution is -2.21. The third-order valence-corrected chi connectivity index (χ3v) is 5.97. The van der Waals surface area contributed by atoms with Gasteiger partial charge in [0.1, 0.15) is 23.9 Å². The van der Waals surface area contributed by atoms with Gasteiger partial charge < -0.3 is 10.1 Å². The smallest absolute Gasteiger partial charge is 0.238 e. The average Bonchev–Trinajstić information content (AvgIpc) is 3.22. The van der Waals surface area contributed by atoms with E-state index in [1.165, 1.54) is 22.9 Å². The zero-order chi connectivity index (χ0) is 24.8. The first-order valence-corrected chi connectivity index (χ1v) is 12.3. The molecular weight excluding hydrogens is 476 g/mol. The number of primary sulfonamides is 1. The standard InChI is InChI=1S/C24H23F2N5O3S/c25-19-8-4-5-9-22(19)34-13-12-28-16-23-29-24(14-17-6-2-1-3-7-17)31(30-23)21-11-10-18(15-20(21)26)35(27,32)33/h1-11,15,28H,12-14,16H2,(H2,27,32,33). The fraction of sp³-hybridized carbons (Fsp3) is 0.167. The molecule has 0 radical (unpaired) electrons. The van der Waals surface area contributed by atoms with E-state index in [-0.39, 0.29) is 29.5 Å². The second-order valence-corrected chi connectivity index (χ2v) is 9.19.